The zero-order valence-corrected chi connectivity index (χ0v) is 5.41. The Hall–Kier alpha value is 0.0649. The Morgan fingerprint density at radius 1 is 1.29 bits per heavy atom. The lowest BCUT2D eigenvalue weighted by Gasteiger charge is -1.88. The van der Waals surface area contributed by atoms with Gasteiger partial charge in [-0.05, 0) is 0 Å². The average Bonchev–Trinajstić information content (AvgIpc) is 1.69. The molecule has 1 heteroatoms. The molecular formula is C6H14B. The van der Waals surface area contributed by atoms with Crippen molar-refractivity contribution in [2.24, 2.45) is 0 Å². The summed E-state index contributed by atoms with van der Waals surface area (Å²) < 4.78 is 0. The molecule has 0 aliphatic carbocycles. The molecule has 0 amide bonds. The van der Waals surface area contributed by atoms with E-state index in [2.05, 4.69) is 21.1 Å². The van der Waals surface area contributed by atoms with Gasteiger partial charge in [0.15, 0.2) is 0 Å². The first kappa shape index (κ1) is 7.06. The van der Waals surface area contributed by atoms with Gasteiger partial charge in [0.25, 0.3) is 0 Å². The SMILES string of the molecule is CC[B]CCCC. The van der Waals surface area contributed by atoms with Crippen molar-refractivity contribution in [2.45, 2.75) is 39.3 Å². The maximum absolute atomic E-state index is 2.34. The molecule has 0 aliphatic rings. The minimum Gasteiger partial charge on any atom is -0.0831 e. The summed E-state index contributed by atoms with van der Waals surface area (Å²) in [5.41, 5.74) is 0. The summed E-state index contributed by atoms with van der Waals surface area (Å²) in [6.07, 6.45) is 5.25. The van der Waals surface area contributed by atoms with Gasteiger partial charge in [0, 0.05) is 0 Å². The average molecular weight is 97.0 g/mol. The standard InChI is InChI=1S/C6H14B/c1-3-5-6-7-4-2/h3-6H2,1-2H3. The van der Waals surface area contributed by atoms with E-state index in [9.17, 15) is 0 Å². The molecule has 1 radical (unpaired) electrons. The van der Waals surface area contributed by atoms with E-state index in [0.29, 0.717) is 0 Å². The van der Waals surface area contributed by atoms with E-state index < -0.39 is 0 Å². The predicted molar refractivity (Wildman–Crippen MR) is 35.9 cm³/mol. The third kappa shape index (κ3) is 6.06. The molecule has 0 aromatic carbocycles. The molecule has 41 valence electrons. The van der Waals surface area contributed by atoms with E-state index in [4.69, 9.17) is 0 Å². The van der Waals surface area contributed by atoms with Crippen molar-refractivity contribution < 1.29 is 0 Å². The van der Waals surface area contributed by atoms with Crippen LogP contribution in [0.1, 0.15) is 26.7 Å². The second kappa shape index (κ2) is 6.06. The van der Waals surface area contributed by atoms with Crippen molar-refractivity contribution in [3.63, 3.8) is 0 Å². The van der Waals surface area contributed by atoms with Gasteiger partial charge in [0.1, 0.15) is 7.28 Å². The Balaban J connectivity index is 2.45. The van der Waals surface area contributed by atoms with Gasteiger partial charge in [-0.25, -0.2) is 0 Å². The number of hydrogen-bond acceptors (Lipinski definition) is 0. The molecular weight excluding hydrogens is 82.9 g/mol. The molecule has 0 heterocycles. The van der Waals surface area contributed by atoms with E-state index in [1.54, 1.807) is 0 Å². The second-order valence-corrected chi connectivity index (χ2v) is 1.84. The highest BCUT2D eigenvalue weighted by Gasteiger charge is 1.82. The highest BCUT2D eigenvalue weighted by Crippen LogP contribution is 1.94. The minimum absolute atomic E-state index is 1.24. The molecule has 0 fully saturated rings. The Morgan fingerprint density at radius 2 is 2.00 bits per heavy atom. The molecule has 7 heavy (non-hydrogen) atoms. The van der Waals surface area contributed by atoms with Crippen molar-refractivity contribution in [1.29, 1.82) is 0 Å². The van der Waals surface area contributed by atoms with Gasteiger partial charge in [-0.2, -0.15) is 0 Å². The number of unbranched alkanes of at least 4 members (excludes halogenated alkanes) is 1. The van der Waals surface area contributed by atoms with Gasteiger partial charge in [-0.15, -0.1) is 0 Å². The van der Waals surface area contributed by atoms with Crippen LogP contribution in [0.3, 0.4) is 0 Å². The summed E-state index contributed by atoms with van der Waals surface area (Å²) in [5.74, 6) is 0. The van der Waals surface area contributed by atoms with E-state index in [1.165, 1.54) is 25.5 Å². The van der Waals surface area contributed by atoms with E-state index >= 15 is 0 Å². The molecule has 0 saturated heterocycles. The van der Waals surface area contributed by atoms with Crippen molar-refractivity contribution in [3.05, 3.63) is 0 Å². The van der Waals surface area contributed by atoms with Gasteiger partial charge in [-0.1, -0.05) is 39.3 Å². The Kier molecular flexibility index (Phi) is 6.12. The molecule has 0 nitrogen and oxygen atoms in total. The summed E-state index contributed by atoms with van der Waals surface area (Å²) in [6.45, 7) is 4.42. The van der Waals surface area contributed by atoms with Crippen LogP contribution >= 0.6 is 0 Å². The van der Waals surface area contributed by atoms with Crippen molar-refractivity contribution >= 4 is 7.28 Å². The van der Waals surface area contributed by atoms with E-state index in [-0.39, 0.29) is 0 Å². The maximum atomic E-state index is 2.34. The number of rotatable bonds is 4. The van der Waals surface area contributed by atoms with Crippen LogP contribution in [-0.4, -0.2) is 7.28 Å². The highest BCUT2D eigenvalue weighted by molar-refractivity contribution is 6.35. The summed E-state index contributed by atoms with van der Waals surface area (Å²) in [6, 6.07) is 0. The van der Waals surface area contributed by atoms with Crippen LogP contribution < -0.4 is 0 Å². The van der Waals surface area contributed by atoms with Crippen LogP contribution in [-0.2, 0) is 0 Å². The fourth-order valence-corrected chi connectivity index (χ4v) is 0.553. The van der Waals surface area contributed by atoms with Gasteiger partial charge in [-0.3, -0.25) is 0 Å². The predicted octanol–water partition coefficient (Wildman–Crippen LogP) is 2.35. The normalized spacial score (nSPS) is 8.86. The summed E-state index contributed by atoms with van der Waals surface area (Å²) in [5, 5.41) is 0. The largest absolute Gasteiger partial charge is 0.109 e. The van der Waals surface area contributed by atoms with Gasteiger partial charge in [0.2, 0.25) is 0 Å². The van der Waals surface area contributed by atoms with E-state index in [1.807, 2.05) is 0 Å². The Labute approximate surface area is 47.6 Å². The molecule has 0 bridgehead atoms. The van der Waals surface area contributed by atoms with Gasteiger partial charge in [0.05, 0.1) is 0 Å². The van der Waals surface area contributed by atoms with Crippen LogP contribution in [0.2, 0.25) is 12.6 Å². The van der Waals surface area contributed by atoms with Crippen LogP contribution in [0.25, 0.3) is 0 Å². The summed E-state index contributed by atoms with van der Waals surface area (Å²) in [4.78, 5) is 0. The fourth-order valence-electron chi connectivity index (χ4n) is 0.553. The second-order valence-electron chi connectivity index (χ2n) is 1.84. The molecule has 0 aromatic heterocycles. The molecule has 0 aliphatic heterocycles. The number of hydrogen-bond donors (Lipinski definition) is 0. The van der Waals surface area contributed by atoms with E-state index in [0.717, 1.165) is 0 Å². The van der Waals surface area contributed by atoms with Crippen LogP contribution in [0.4, 0.5) is 0 Å². The molecule has 0 rings (SSSR count). The first-order valence-electron chi connectivity index (χ1n) is 3.23. The molecule has 0 N–H and O–H groups in total. The first-order chi connectivity index (χ1) is 3.41. The van der Waals surface area contributed by atoms with Gasteiger partial charge < -0.3 is 0 Å². The third-order valence-corrected chi connectivity index (χ3v) is 1.05. The zero-order chi connectivity index (χ0) is 5.54. The molecule has 0 spiro atoms. The summed E-state index contributed by atoms with van der Waals surface area (Å²) >= 11 is 0. The minimum atomic E-state index is 1.24. The van der Waals surface area contributed by atoms with Gasteiger partial charge >= 0.3 is 0 Å². The lowest BCUT2D eigenvalue weighted by atomic mass is 9.71. The van der Waals surface area contributed by atoms with Crippen molar-refractivity contribution in [1.82, 2.24) is 0 Å². The third-order valence-electron chi connectivity index (χ3n) is 1.05. The Morgan fingerprint density at radius 3 is 2.43 bits per heavy atom. The van der Waals surface area contributed by atoms with Crippen LogP contribution in [0, 0.1) is 0 Å². The first-order valence-corrected chi connectivity index (χ1v) is 3.23. The smallest absolute Gasteiger partial charge is 0.0831 e. The zero-order valence-electron chi connectivity index (χ0n) is 5.41. The Bertz CT molecular complexity index is 23.4. The maximum Gasteiger partial charge on any atom is 0.109 e. The lowest BCUT2D eigenvalue weighted by Crippen LogP contribution is -1.82. The van der Waals surface area contributed by atoms with Crippen LogP contribution in [0.5, 0.6) is 0 Å². The fraction of sp³-hybridized carbons (Fsp3) is 1.00. The summed E-state index contributed by atoms with van der Waals surface area (Å²) in [7, 11) is 2.34. The molecule has 0 saturated carbocycles. The monoisotopic (exact) mass is 97.1 g/mol. The molecule has 0 atom stereocenters. The van der Waals surface area contributed by atoms with Crippen molar-refractivity contribution in [2.75, 3.05) is 0 Å². The molecule has 0 aromatic rings. The van der Waals surface area contributed by atoms with Crippen LogP contribution in [0.15, 0.2) is 0 Å². The highest BCUT2D eigenvalue weighted by atomic mass is 13.7. The lowest BCUT2D eigenvalue weighted by molar-refractivity contribution is 0.877. The quantitative estimate of drug-likeness (QED) is 0.373. The molecule has 0 unspecified atom stereocenters. The van der Waals surface area contributed by atoms with Crippen molar-refractivity contribution in [3.8, 4) is 0 Å². The topological polar surface area (TPSA) is 0 Å².